The molecule has 2 aromatic rings. The molecule has 1 aliphatic rings. The number of benzene rings is 1. The lowest BCUT2D eigenvalue weighted by atomic mass is 10.0. The second-order valence-corrected chi connectivity index (χ2v) is 6.10. The minimum atomic E-state index is -0.422. The normalized spacial score (nSPS) is 17.5. The van der Waals surface area contributed by atoms with Crippen molar-refractivity contribution in [2.24, 2.45) is 0 Å². The summed E-state index contributed by atoms with van der Waals surface area (Å²) in [5, 5.41) is 6.88. The number of aromatic amines is 1. The minimum absolute atomic E-state index is 0.0843. The van der Waals surface area contributed by atoms with Crippen LogP contribution in [0.25, 0.3) is 0 Å². The number of methoxy groups -OCH3 is 1. The van der Waals surface area contributed by atoms with Crippen molar-refractivity contribution in [2.75, 3.05) is 20.3 Å². The Kier molecular flexibility index (Phi) is 5.65. The van der Waals surface area contributed by atoms with Gasteiger partial charge in [-0.3, -0.25) is 9.89 Å². The van der Waals surface area contributed by atoms with E-state index < -0.39 is 5.82 Å². The molecule has 1 aliphatic heterocycles. The molecule has 25 heavy (non-hydrogen) atoms. The Morgan fingerprint density at radius 1 is 1.40 bits per heavy atom. The van der Waals surface area contributed by atoms with Gasteiger partial charge >= 0.3 is 0 Å². The molecule has 0 radical (unpaired) electrons. The molecule has 134 valence electrons. The van der Waals surface area contributed by atoms with Crippen LogP contribution in [0.3, 0.4) is 0 Å². The van der Waals surface area contributed by atoms with Crippen molar-refractivity contribution in [3.05, 3.63) is 47.5 Å². The van der Waals surface area contributed by atoms with Gasteiger partial charge in [-0.25, -0.2) is 4.39 Å². The van der Waals surface area contributed by atoms with Crippen LogP contribution in [-0.4, -0.2) is 47.3 Å². The second-order valence-electron chi connectivity index (χ2n) is 6.10. The van der Waals surface area contributed by atoms with Crippen LogP contribution in [0, 0.1) is 5.82 Å². The molecule has 1 saturated heterocycles. The van der Waals surface area contributed by atoms with E-state index in [1.807, 2.05) is 4.90 Å². The van der Waals surface area contributed by atoms with E-state index in [9.17, 15) is 9.18 Å². The number of aromatic nitrogens is 2. The van der Waals surface area contributed by atoms with Crippen molar-refractivity contribution in [3.63, 3.8) is 0 Å². The number of carbonyl (C=O) groups excluding carboxylic acids is 1. The Hall–Kier alpha value is -2.41. The molecule has 0 aliphatic carbocycles. The van der Waals surface area contributed by atoms with Gasteiger partial charge in [0, 0.05) is 13.7 Å². The number of ether oxygens (including phenoxy) is 2. The second kappa shape index (κ2) is 8.11. The van der Waals surface area contributed by atoms with Gasteiger partial charge in [-0.2, -0.15) is 5.10 Å². The Morgan fingerprint density at radius 2 is 2.24 bits per heavy atom. The summed E-state index contributed by atoms with van der Waals surface area (Å²) in [6.45, 7) is 1.35. The first-order valence-corrected chi connectivity index (χ1v) is 8.40. The zero-order valence-corrected chi connectivity index (χ0v) is 14.2. The van der Waals surface area contributed by atoms with E-state index in [2.05, 4.69) is 10.2 Å². The Balaban J connectivity index is 1.64. The molecule has 0 spiro atoms. The fourth-order valence-electron chi connectivity index (χ4n) is 3.04. The summed E-state index contributed by atoms with van der Waals surface area (Å²) in [4.78, 5) is 14.5. The summed E-state index contributed by atoms with van der Waals surface area (Å²) in [6, 6.07) is 7.93. The van der Waals surface area contributed by atoms with E-state index in [1.54, 1.807) is 31.4 Å². The number of para-hydroxylation sites is 1. The molecule has 0 bridgehead atoms. The number of halogens is 1. The lowest BCUT2D eigenvalue weighted by Gasteiger charge is -2.34. The lowest BCUT2D eigenvalue weighted by Crippen LogP contribution is -2.46. The molecule has 0 unspecified atom stereocenters. The van der Waals surface area contributed by atoms with Crippen LogP contribution in [0.4, 0.5) is 4.39 Å². The average Bonchev–Trinajstić information content (AvgIpc) is 3.10. The van der Waals surface area contributed by atoms with E-state index in [0.29, 0.717) is 24.5 Å². The van der Waals surface area contributed by atoms with Crippen LogP contribution >= 0.6 is 0 Å². The Labute approximate surface area is 145 Å². The number of H-pyrrole nitrogens is 1. The summed E-state index contributed by atoms with van der Waals surface area (Å²) in [6.07, 6.45) is 3.02. The van der Waals surface area contributed by atoms with Crippen LogP contribution in [0.5, 0.6) is 5.75 Å². The highest BCUT2D eigenvalue weighted by Crippen LogP contribution is 2.20. The van der Waals surface area contributed by atoms with Crippen LogP contribution < -0.4 is 4.74 Å². The van der Waals surface area contributed by atoms with Crippen molar-refractivity contribution in [1.82, 2.24) is 15.1 Å². The summed E-state index contributed by atoms with van der Waals surface area (Å²) < 4.78 is 24.2. The molecule has 1 fully saturated rings. The van der Waals surface area contributed by atoms with E-state index in [1.165, 1.54) is 6.07 Å². The predicted octanol–water partition coefficient (Wildman–Crippen LogP) is 2.77. The van der Waals surface area contributed by atoms with Gasteiger partial charge in [0.25, 0.3) is 5.91 Å². The van der Waals surface area contributed by atoms with Crippen LogP contribution in [0.1, 0.15) is 35.4 Å². The monoisotopic (exact) mass is 347 g/mol. The molecule has 1 atom stereocenters. The van der Waals surface area contributed by atoms with E-state index in [4.69, 9.17) is 9.47 Å². The number of piperidine rings is 1. The fraction of sp³-hybridized carbons (Fsp3) is 0.444. The first-order valence-electron chi connectivity index (χ1n) is 8.40. The molecule has 0 saturated carbocycles. The van der Waals surface area contributed by atoms with Gasteiger partial charge in [0.05, 0.1) is 18.3 Å². The van der Waals surface area contributed by atoms with Crippen LogP contribution in [0.2, 0.25) is 0 Å². The van der Waals surface area contributed by atoms with E-state index in [-0.39, 0.29) is 24.3 Å². The fourth-order valence-corrected chi connectivity index (χ4v) is 3.04. The van der Waals surface area contributed by atoms with Gasteiger partial charge < -0.3 is 14.4 Å². The SMILES string of the molecule is COC[C@H]1CCCCN1C(=O)c1cc(COc2ccccc2F)[nH]n1. The zero-order chi connectivity index (χ0) is 17.6. The first kappa shape index (κ1) is 17.4. The van der Waals surface area contributed by atoms with Crippen molar-refractivity contribution < 1.29 is 18.7 Å². The number of hydrogen-bond donors (Lipinski definition) is 1. The third-order valence-electron chi connectivity index (χ3n) is 4.32. The van der Waals surface area contributed by atoms with Crippen molar-refractivity contribution in [2.45, 2.75) is 31.9 Å². The molecular weight excluding hydrogens is 325 g/mol. The molecule has 1 aromatic carbocycles. The molecule has 2 heterocycles. The number of amides is 1. The predicted molar refractivity (Wildman–Crippen MR) is 89.9 cm³/mol. The summed E-state index contributed by atoms with van der Waals surface area (Å²) >= 11 is 0. The third-order valence-corrected chi connectivity index (χ3v) is 4.32. The number of hydrogen-bond acceptors (Lipinski definition) is 4. The van der Waals surface area contributed by atoms with Crippen LogP contribution in [-0.2, 0) is 11.3 Å². The van der Waals surface area contributed by atoms with Gasteiger partial charge in [-0.1, -0.05) is 12.1 Å². The Morgan fingerprint density at radius 3 is 3.04 bits per heavy atom. The maximum Gasteiger partial charge on any atom is 0.274 e. The topological polar surface area (TPSA) is 67.4 Å². The number of likely N-dealkylation sites (tertiary alicyclic amines) is 1. The number of carbonyl (C=O) groups is 1. The Bertz CT molecular complexity index is 717. The quantitative estimate of drug-likeness (QED) is 0.872. The van der Waals surface area contributed by atoms with Gasteiger partial charge in [0.2, 0.25) is 0 Å². The zero-order valence-electron chi connectivity index (χ0n) is 14.2. The van der Waals surface area contributed by atoms with Crippen molar-refractivity contribution in [1.29, 1.82) is 0 Å². The smallest absolute Gasteiger partial charge is 0.274 e. The highest BCUT2D eigenvalue weighted by Gasteiger charge is 2.28. The van der Waals surface area contributed by atoms with Crippen molar-refractivity contribution >= 4 is 5.91 Å². The molecule has 1 amide bonds. The van der Waals surface area contributed by atoms with E-state index in [0.717, 1.165) is 19.3 Å². The van der Waals surface area contributed by atoms with E-state index >= 15 is 0 Å². The average molecular weight is 347 g/mol. The highest BCUT2D eigenvalue weighted by atomic mass is 19.1. The molecule has 6 nitrogen and oxygen atoms in total. The third kappa shape index (κ3) is 4.17. The summed E-state index contributed by atoms with van der Waals surface area (Å²) in [5.74, 6) is -0.370. The largest absolute Gasteiger partial charge is 0.484 e. The van der Waals surface area contributed by atoms with Crippen LogP contribution in [0.15, 0.2) is 30.3 Å². The standard InChI is InChI=1S/C18H22FN3O3/c1-24-12-14-6-4-5-9-22(14)18(23)16-10-13(20-21-16)11-25-17-8-3-2-7-15(17)19/h2-3,7-8,10,14H,4-6,9,11-12H2,1H3,(H,20,21)/t14-/m1/s1. The summed E-state index contributed by atoms with van der Waals surface area (Å²) in [7, 11) is 1.64. The number of rotatable bonds is 6. The molecule has 7 heteroatoms. The molecule has 1 N–H and O–H groups in total. The molecular formula is C18H22FN3O3. The maximum atomic E-state index is 13.6. The van der Waals surface area contributed by atoms with Crippen molar-refractivity contribution in [3.8, 4) is 5.75 Å². The van der Waals surface area contributed by atoms with Gasteiger partial charge in [-0.15, -0.1) is 0 Å². The van der Waals surface area contributed by atoms with Gasteiger partial charge in [0.1, 0.15) is 6.61 Å². The number of nitrogens with zero attached hydrogens (tertiary/aromatic N) is 2. The highest BCUT2D eigenvalue weighted by molar-refractivity contribution is 5.92. The maximum absolute atomic E-state index is 13.6. The molecule has 1 aromatic heterocycles. The van der Waals surface area contributed by atoms with Gasteiger partial charge in [0.15, 0.2) is 17.3 Å². The van der Waals surface area contributed by atoms with Gasteiger partial charge in [-0.05, 0) is 37.5 Å². The first-order chi connectivity index (χ1) is 12.2. The summed E-state index contributed by atoms with van der Waals surface area (Å²) in [5.41, 5.74) is 0.960. The lowest BCUT2D eigenvalue weighted by molar-refractivity contribution is 0.0423. The minimum Gasteiger partial charge on any atom is -0.484 e. The number of nitrogens with one attached hydrogen (secondary N) is 1. The molecule has 3 rings (SSSR count).